The number of hydrogen-bond donors (Lipinski definition) is 2. The van der Waals surface area contributed by atoms with Gasteiger partial charge in [0.05, 0.1) is 11.9 Å². The number of ether oxygens (including phenoxy) is 1. The Morgan fingerprint density at radius 1 is 1.00 bits per heavy atom. The number of sulfonamides is 1. The van der Waals surface area contributed by atoms with Gasteiger partial charge in [0, 0.05) is 18.8 Å². The minimum Gasteiger partial charge on any atom is -0.497 e. The maximum absolute atomic E-state index is 11.8. The molecular formula is C16H28N2O3S. The third-order valence-electron chi connectivity index (χ3n) is 3.37. The zero-order valence-electron chi connectivity index (χ0n) is 14.0. The molecule has 0 saturated heterocycles. The van der Waals surface area contributed by atoms with Crippen molar-refractivity contribution in [2.75, 3.05) is 25.5 Å². The van der Waals surface area contributed by atoms with E-state index in [0.717, 1.165) is 37.2 Å². The third-order valence-corrected chi connectivity index (χ3v) is 5.57. The van der Waals surface area contributed by atoms with Gasteiger partial charge < -0.3 is 10.1 Å². The van der Waals surface area contributed by atoms with Crippen LogP contribution in [0.15, 0.2) is 24.3 Å². The molecule has 2 N–H and O–H groups in total. The summed E-state index contributed by atoms with van der Waals surface area (Å²) in [6.07, 6.45) is 2.83. The van der Waals surface area contributed by atoms with Gasteiger partial charge in [0.15, 0.2) is 0 Å². The number of anilines is 1. The fourth-order valence-electron chi connectivity index (χ4n) is 1.79. The smallest absolute Gasteiger partial charge is 0.216 e. The van der Waals surface area contributed by atoms with Gasteiger partial charge in [0.1, 0.15) is 5.75 Å². The summed E-state index contributed by atoms with van der Waals surface area (Å²) < 4.78 is 30.7. The zero-order chi connectivity index (χ0) is 16.6. The average molecular weight is 328 g/mol. The van der Waals surface area contributed by atoms with Gasteiger partial charge in [-0.25, -0.2) is 13.1 Å². The largest absolute Gasteiger partial charge is 0.497 e. The molecule has 0 saturated carbocycles. The molecule has 0 spiro atoms. The van der Waals surface area contributed by atoms with E-state index in [-0.39, 0.29) is 0 Å². The van der Waals surface area contributed by atoms with Gasteiger partial charge in [0.2, 0.25) is 10.0 Å². The Hall–Kier alpha value is -1.27. The van der Waals surface area contributed by atoms with Crippen molar-refractivity contribution < 1.29 is 13.2 Å². The van der Waals surface area contributed by atoms with E-state index in [1.165, 1.54) is 0 Å². The Balaban J connectivity index is 2.13. The van der Waals surface area contributed by atoms with Crippen molar-refractivity contribution >= 4 is 15.7 Å². The lowest BCUT2D eigenvalue weighted by atomic mass is 10.2. The molecule has 0 aliphatic rings. The van der Waals surface area contributed by atoms with Crippen molar-refractivity contribution in [2.24, 2.45) is 0 Å². The summed E-state index contributed by atoms with van der Waals surface area (Å²) in [4.78, 5) is 0. The lowest BCUT2D eigenvalue weighted by Crippen LogP contribution is -2.39. The monoisotopic (exact) mass is 328 g/mol. The van der Waals surface area contributed by atoms with Crippen molar-refractivity contribution in [3.05, 3.63) is 24.3 Å². The summed E-state index contributed by atoms with van der Waals surface area (Å²) in [5.41, 5.74) is 1.06. The molecule has 0 unspecified atom stereocenters. The summed E-state index contributed by atoms with van der Waals surface area (Å²) >= 11 is 0. The first-order valence-electron chi connectivity index (χ1n) is 7.63. The Labute approximate surface area is 134 Å². The van der Waals surface area contributed by atoms with Crippen LogP contribution in [0.5, 0.6) is 5.75 Å². The molecule has 126 valence electrons. The maximum atomic E-state index is 11.8. The second-order valence-electron chi connectivity index (χ2n) is 6.23. The summed E-state index contributed by atoms with van der Waals surface area (Å²) in [5, 5.41) is 3.33. The fraction of sp³-hybridized carbons (Fsp3) is 0.625. The molecule has 5 nitrogen and oxygen atoms in total. The van der Waals surface area contributed by atoms with E-state index in [1.54, 1.807) is 27.9 Å². The highest BCUT2D eigenvalue weighted by molar-refractivity contribution is 7.90. The van der Waals surface area contributed by atoms with E-state index in [0.29, 0.717) is 6.54 Å². The first-order chi connectivity index (χ1) is 10.3. The van der Waals surface area contributed by atoms with Gasteiger partial charge in [-0.2, -0.15) is 0 Å². The number of benzene rings is 1. The standard InChI is InChI=1S/C16H28N2O3S/c1-16(2,3)22(19,20)18-13-7-5-6-12-17-14-8-10-15(21-4)11-9-14/h8-11,17-18H,5-7,12-13H2,1-4H3. The number of nitrogens with one attached hydrogen (secondary N) is 2. The number of methoxy groups -OCH3 is 1. The second-order valence-corrected chi connectivity index (χ2v) is 8.75. The van der Waals surface area contributed by atoms with Gasteiger partial charge in [-0.15, -0.1) is 0 Å². The van der Waals surface area contributed by atoms with Crippen LogP contribution in [0.25, 0.3) is 0 Å². The number of hydrogen-bond acceptors (Lipinski definition) is 4. The van der Waals surface area contributed by atoms with Crippen LogP contribution in [0.3, 0.4) is 0 Å². The summed E-state index contributed by atoms with van der Waals surface area (Å²) in [6, 6.07) is 7.81. The summed E-state index contributed by atoms with van der Waals surface area (Å²) in [5.74, 6) is 0.844. The lowest BCUT2D eigenvalue weighted by Gasteiger charge is -2.19. The Bertz CT molecular complexity index is 534. The molecule has 1 aromatic rings. The fourth-order valence-corrected chi connectivity index (χ4v) is 2.64. The number of unbranched alkanes of at least 4 members (excludes halogenated alkanes) is 2. The minimum absolute atomic E-state index is 0.502. The molecule has 0 heterocycles. The molecule has 0 aliphatic heterocycles. The predicted octanol–water partition coefficient (Wildman–Crippen LogP) is 3.00. The third kappa shape index (κ3) is 6.23. The molecule has 1 aromatic carbocycles. The Morgan fingerprint density at radius 2 is 1.59 bits per heavy atom. The van der Waals surface area contributed by atoms with Gasteiger partial charge >= 0.3 is 0 Å². The van der Waals surface area contributed by atoms with Gasteiger partial charge in [-0.3, -0.25) is 0 Å². The Kier molecular flexibility index (Phi) is 7.16. The molecule has 0 fully saturated rings. The van der Waals surface area contributed by atoms with E-state index in [1.807, 2.05) is 24.3 Å². The normalized spacial score (nSPS) is 12.2. The van der Waals surface area contributed by atoms with Gasteiger partial charge in [-0.1, -0.05) is 6.42 Å². The number of rotatable bonds is 9. The SMILES string of the molecule is COc1ccc(NCCCCCNS(=O)(=O)C(C)(C)C)cc1. The van der Waals surface area contributed by atoms with E-state index >= 15 is 0 Å². The van der Waals surface area contributed by atoms with Crippen molar-refractivity contribution in [1.82, 2.24) is 4.72 Å². The molecule has 0 radical (unpaired) electrons. The highest BCUT2D eigenvalue weighted by Crippen LogP contribution is 2.15. The van der Waals surface area contributed by atoms with Crippen LogP contribution in [0.4, 0.5) is 5.69 Å². The van der Waals surface area contributed by atoms with E-state index in [2.05, 4.69) is 10.0 Å². The van der Waals surface area contributed by atoms with Crippen molar-refractivity contribution in [3.8, 4) is 5.75 Å². The predicted molar refractivity (Wildman–Crippen MR) is 92.0 cm³/mol. The van der Waals surface area contributed by atoms with Crippen LogP contribution in [0, 0.1) is 0 Å². The van der Waals surface area contributed by atoms with E-state index in [4.69, 9.17) is 4.74 Å². The quantitative estimate of drug-likeness (QED) is 0.684. The van der Waals surface area contributed by atoms with Crippen LogP contribution in [-0.2, 0) is 10.0 Å². The first kappa shape index (κ1) is 18.8. The molecule has 6 heteroatoms. The van der Waals surface area contributed by atoms with Gasteiger partial charge in [-0.05, 0) is 57.9 Å². The summed E-state index contributed by atoms with van der Waals surface area (Å²) in [7, 11) is -1.57. The minimum atomic E-state index is -3.22. The molecule has 0 aromatic heterocycles. The highest BCUT2D eigenvalue weighted by atomic mass is 32.2. The van der Waals surface area contributed by atoms with Crippen LogP contribution >= 0.6 is 0 Å². The molecule has 22 heavy (non-hydrogen) atoms. The first-order valence-corrected chi connectivity index (χ1v) is 9.12. The van der Waals surface area contributed by atoms with E-state index < -0.39 is 14.8 Å². The molecule has 1 rings (SSSR count). The van der Waals surface area contributed by atoms with Crippen LogP contribution in [0.1, 0.15) is 40.0 Å². The van der Waals surface area contributed by atoms with Crippen LogP contribution in [-0.4, -0.2) is 33.4 Å². The Morgan fingerprint density at radius 3 is 2.14 bits per heavy atom. The average Bonchev–Trinajstić information content (AvgIpc) is 2.45. The molecule has 0 aliphatic carbocycles. The zero-order valence-corrected chi connectivity index (χ0v) is 14.8. The van der Waals surface area contributed by atoms with Crippen LogP contribution < -0.4 is 14.8 Å². The van der Waals surface area contributed by atoms with Crippen molar-refractivity contribution in [3.63, 3.8) is 0 Å². The molecule has 0 amide bonds. The van der Waals surface area contributed by atoms with Crippen LogP contribution in [0.2, 0.25) is 0 Å². The maximum Gasteiger partial charge on any atom is 0.216 e. The second kappa shape index (κ2) is 8.39. The topological polar surface area (TPSA) is 67.4 Å². The van der Waals surface area contributed by atoms with Crippen molar-refractivity contribution in [2.45, 2.75) is 44.8 Å². The van der Waals surface area contributed by atoms with E-state index in [9.17, 15) is 8.42 Å². The molecular weight excluding hydrogens is 300 g/mol. The van der Waals surface area contributed by atoms with Gasteiger partial charge in [0.25, 0.3) is 0 Å². The molecule has 0 atom stereocenters. The lowest BCUT2D eigenvalue weighted by molar-refractivity contribution is 0.415. The molecule has 0 bridgehead atoms. The highest BCUT2D eigenvalue weighted by Gasteiger charge is 2.27. The summed E-state index contributed by atoms with van der Waals surface area (Å²) in [6.45, 7) is 6.48. The van der Waals surface area contributed by atoms with Crippen molar-refractivity contribution in [1.29, 1.82) is 0 Å².